The first-order valence-electron chi connectivity index (χ1n) is 22.4. The summed E-state index contributed by atoms with van der Waals surface area (Å²) in [6.45, 7) is 9.45. The Morgan fingerprint density at radius 2 is 0.766 bits per heavy atom. The lowest BCUT2D eigenvalue weighted by Gasteiger charge is -2.22. The molecule has 2 aliphatic rings. The zero-order valence-corrected chi connectivity index (χ0v) is 36.5. The van der Waals surface area contributed by atoms with Gasteiger partial charge in [0.05, 0.1) is 11.4 Å². The van der Waals surface area contributed by atoms with Gasteiger partial charge < -0.3 is 0 Å². The van der Waals surface area contributed by atoms with Crippen LogP contribution in [0, 0.1) is 0 Å². The number of hydrogen-bond donors (Lipinski definition) is 0. The summed E-state index contributed by atoms with van der Waals surface area (Å²) in [6.07, 6.45) is 0. The molecule has 0 unspecified atom stereocenters. The molecule has 0 aliphatic heterocycles. The number of nitrogens with zero attached hydrogens (tertiary/aromatic N) is 2. The number of hydrogen-bond acceptors (Lipinski definition) is 2. The Balaban J connectivity index is 0.957. The van der Waals surface area contributed by atoms with Crippen molar-refractivity contribution >= 4 is 10.8 Å². The summed E-state index contributed by atoms with van der Waals surface area (Å²) >= 11 is 0. The maximum absolute atomic E-state index is 5.31. The van der Waals surface area contributed by atoms with Crippen molar-refractivity contribution in [1.29, 1.82) is 0 Å². The molecule has 12 rings (SSSR count). The zero-order chi connectivity index (χ0) is 43.2. The standard InChI is InChI=1S/C62H46N2/c1-61(2)52-27-15-25-47(39-17-7-5-8-18-39)58(52)50-34-33-45(37-54(50)61)46-23-13-14-24-49(46)57-38-56(63-60(64-57)42-19-9-6-10-20-42)41-31-29-40(30-32-41)48-26-16-28-53-59(48)51-35-43-21-11-12-22-44(43)36-55(51)62(53,3)4/h5-38H,1-4H3. The summed E-state index contributed by atoms with van der Waals surface area (Å²) in [5.41, 5.74) is 22.7. The molecule has 1 heterocycles. The largest absolute Gasteiger partial charge is 0.228 e. The van der Waals surface area contributed by atoms with Crippen molar-refractivity contribution in [2.45, 2.75) is 38.5 Å². The summed E-state index contributed by atoms with van der Waals surface area (Å²) in [6, 6.07) is 75.2. The Bertz CT molecular complexity index is 3470. The van der Waals surface area contributed by atoms with Crippen molar-refractivity contribution in [1.82, 2.24) is 9.97 Å². The molecule has 0 bridgehead atoms. The van der Waals surface area contributed by atoms with E-state index in [1.165, 1.54) is 83.1 Å². The molecule has 0 spiro atoms. The predicted molar refractivity (Wildman–Crippen MR) is 267 cm³/mol. The fraction of sp³-hybridized carbons (Fsp3) is 0.0968. The molecule has 2 nitrogen and oxygen atoms in total. The third-order valence-electron chi connectivity index (χ3n) is 14.1. The van der Waals surface area contributed by atoms with Crippen LogP contribution in [0.3, 0.4) is 0 Å². The Hall–Kier alpha value is -7.68. The highest BCUT2D eigenvalue weighted by atomic mass is 14.9. The van der Waals surface area contributed by atoms with Gasteiger partial charge in [-0.05, 0) is 113 Å². The summed E-state index contributed by atoms with van der Waals surface area (Å²) in [5, 5.41) is 2.56. The van der Waals surface area contributed by atoms with Crippen molar-refractivity contribution in [3.8, 4) is 89.5 Å². The quantitative estimate of drug-likeness (QED) is 0.167. The van der Waals surface area contributed by atoms with Crippen LogP contribution in [-0.2, 0) is 10.8 Å². The second kappa shape index (κ2) is 14.4. The van der Waals surface area contributed by atoms with Crippen molar-refractivity contribution in [3.63, 3.8) is 0 Å². The van der Waals surface area contributed by atoms with Gasteiger partial charge in [-0.2, -0.15) is 0 Å². The Morgan fingerprint density at radius 1 is 0.281 bits per heavy atom. The molecule has 64 heavy (non-hydrogen) atoms. The van der Waals surface area contributed by atoms with Crippen molar-refractivity contribution in [3.05, 3.63) is 229 Å². The van der Waals surface area contributed by atoms with Crippen molar-refractivity contribution < 1.29 is 0 Å². The first kappa shape index (κ1) is 38.0. The van der Waals surface area contributed by atoms with Gasteiger partial charge in [-0.1, -0.05) is 210 Å². The minimum absolute atomic E-state index is 0.0982. The minimum atomic E-state index is -0.164. The molecule has 0 N–H and O–H groups in total. The van der Waals surface area contributed by atoms with Gasteiger partial charge in [0.15, 0.2) is 5.82 Å². The van der Waals surface area contributed by atoms with E-state index in [1.54, 1.807) is 0 Å². The number of fused-ring (bicyclic) bond motifs is 7. The molecule has 0 saturated heterocycles. The Kier molecular flexibility index (Phi) is 8.58. The van der Waals surface area contributed by atoms with Crippen LogP contribution in [0.25, 0.3) is 100 Å². The van der Waals surface area contributed by atoms with Crippen molar-refractivity contribution in [2.75, 3.05) is 0 Å². The number of benzene rings is 9. The average Bonchev–Trinajstić information content (AvgIpc) is 3.72. The molecule has 0 saturated carbocycles. The maximum Gasteiger partial charge on any atom is 0.160 e. The first-order chi connectivity index (χ1) is 31.2. The van der Waals surface area contributed by atoms with Crippen LogP contribution in [-0.4, -0.2) is 9.97 Å². The van der Waals surface area contributed by atoms with E-state index in [4.69, 9.17) is 9.97 Å². The van der Waals surface area contributed by atoms with Gasteiger partial charge >= 0.3 is 0 Å². The highest BCUT2D eigenvalue weighted by Crippen LogP contribution is 2.55. The van der Waals surface area contributed by atoms with Gasteiger partial charge in [0.25, 0.3) is 0 Å². The lowest BCUT2D eigenvalue weighted by atomic mass is 9.81. The SMILES string of the molecule is CC1(C)c2cc(-c3ccccc3-c3cc(-c4ccc(-c5cccc6c5-c5cc7ccccc7cc5C6(C)C)cc4)nc(-c4ccccc4)n3)ccc2-c2c(-c3ccccc3)cccc21. The molecule has 2 aliphatic carbocycles. The van der Waals surface area contributed by atoms with E-state index < -0.39 is 0 Å². The molecule has 1 aromatic heterocycles. The zero-order valence-electron chi connectivity index (χ0n) is 36.5. The lowest BCUT2D eigenvalue weighted by Crippen LogP contribution is -2.15. The Labute approximate surface area is 375 Å². The van der Waals surface area contributed by atoms with Crippen LogP contribution in [0.1, 0.15) is 49.9 Å². The molecule has 0 fully saturated rings. The molecule has 304 valence electrons. The van der Waals surface area contributed by atoms with E-state index in [0.29, 0.717) is 5.82 Å². The highest BCUT2D eigenvalue weighted by Gasteiger charge is 2.38. The molecular formula is C62H46N2. The average molecular weight is 819 g/mol. The second-order valence-electron chi connectivity index (χ2n) is 18.5. The van der Waals surface area contributed by atoms with Gasteiger partial charge in [0.2, 0.25) is 0 Å². The van der Waals surface area contributed by atoms with E-state index in [9.17, 15) is 0 Å². The monoisotopic (exact) mass is 818 g/mol. The van der Waals surface area contributed by atoms with Crippen molar-refractivity contribution in [2.24, 2.45) is 0 Å². The third-order valence-corrected chi connectivity index (χ3v) is 14.1. The van der Waals surface area contributed by atoms with E-state index >= 15 is 0 Å². The van der Waals surface area contributed by atoms with E-state index in [-0.39, 0.29) is 10.8 Å². The van der Waals surface area contributed by atoms with Crippen LogP contribution >= 0.6 is 0 Å². The van der Waals surface area contributed by atoms with E-state index in [1.807, 2.05) is 6.07 Å². The topological polar surface area (TPSA) is 25.8 Å². The van der Waals surface area contributed by atoms with Gasteiger partial charge in [-0.3, -0.25) is 0 Å². The van der Waals surface area contributed by atoms with Crippen LogP contribution in [0.15, 0.2) is 206 Å². The summed E-state index contributed by atoms with van der Waals surface area (Å²) in [5.74, 6) is 0.706. The second-order valence-corrected chi connectivity index (χ2v) is 18.5. The summed E-state index contributed by atoms with van der Waals surface area (Å²) in [4.78, 5) is 10.6. The maximum atomic E-state index is 5.31. The van der Waals surface area contributed by atoms with E-state index in [2.05, 4.69) is 228 Å². The molecule has 9 aromatic carbocycles. The molecule has 2 heteroatoms. The first-order valence-corrected chi connectivity index (χ1v) is 22.4. The van der Waals surface area contributed by atoms with Crippen LogP contribution in [0.5, 0.6) is 0 Å². The van der Waals surface area contributed by atoms with Crippen LogP contribution in [0.2, 0.25) is 0 Å². The molecule has 10 aromatic rings. The number of rotatable bonds is 6. The van der Waals surface area contributed by atoms with Gasteiger partial charge in [-0.15, -0.1) is 0 Å². The third kappa shape index (κ3) is 5.93. The highest BCUT2D eigenvalue weighted by molar-refractivity contribution is 5.99. The summed E-state index contributed by atoms with van der Waals surface area (Å²) < 4.78 is 0. The van der Waals surface area contributed by atoms with Gasteiger partial charge in [0, 0.05) is 27.5 Å². The smallest absolute Gasteiger partial charge is 0.160 e. The lowest BCUT2D eigenvalue weighted by molar-refractivity contribution is 0.660. The number of aromatic nitrogens is 2. The molecular weight excluding hydrogens is 773 g/mol. The predicted octanol–water partition coefficient (Wildman–Crippen LogP) is 16.2. The minimum Gasteiger partial charge on any atom is -0.228 e. The Morgan fingerprint density at radius 3 is 1.44 bits per heavy atom. The fourth-order valence-corrected chi connectivity index (χ4v) is 10.8. The summed E-state index contributed by atoms with van der Waals surface area (Å²) in [7, 11) is 0. The fourth-order valence-electron chi connectivity index (χ4n) is 10.8. The normalized spacial score (nSPS) is 13.9. The van der Waals surface area contributed by atoms with Crippen LogP contribution in [0.4, 0.5) is 0 Å². The van der Waals surface area contributed by atoms with Gasteiger partial charge in [-0.25, -0.2) is 9.97 Å². The molecule has 0 atom stereocenters. The van der Waals surface area contributed by atoms with Crippen LogP contribution < -0.4 is 0 Å². The van der Waals surface area contributed by atoms with E-state index in [0.717, 1.165) is 33.6 Å². The van der Waals surface area contributed by atoms with Gasteiger partial charge in [0.1, 0.15) is 0 Å². The molecule has 0 amide bonds. The molecule has 0 radical (unpaired) electrons.